The van der Waals surface area contributed by atoms with Crippen molar-refractivity contribution in [3.05, 3.63) is 57.7 Å². The SMILES string of the molecule is CCNCC1=CC=C(Cl)N(C23CC4CC(CC(c5ccc(Cl)cc5)(C4)C2)C3)C1. The lowest BCUT2D eigenvalue weighted by molar-refractivity contribution is -0.0864. The molecule has 4 fully saturated rings. The molecule has 2 atom stereocenters. The van der Waals surface area contributed by atoms with Crippen LogP contribution in [0, 0.1) is 11.8 Å². The Balaban J connectivity index is 1.48. The molecule has 0 aromatic heterocycles. The van der Waals surface area contributed by atoms with Gasteiger partial charge in [-0.15, -0.1) is 0 Å². The van der Waals surface area contributed by atoms with Crippen LogP contribution in [0.2, 0.25) is 5.02 Å². The van der Waals surface area contributed by atoms with Gasteiger partial charge in [-0.2, -0.15) is 0 Å². The molecule has 1 N–H and O–H groups in total. The van der Waals surface area contributed by atoms with Gasteiger partial charge in [0.25, 0.3) is 0 Å². The molecule has 0 saturated heterocycles. The molecule has 1 aromatic rings. The number of nitrogens with one attached hydrogen (secondary N) is 1. The number of halogens is 2. The Morgan fingerprint density at radius 2 is 1.75 bits per heavy atom. The molecule has 1 aromatic carbocycles. The number of rotatable bonds is 5. The summed E-state index contributed by atoms with van der Waals surface area (Å²) < 4.78 is 0. The summed E-state index contributed by atoms with van der Waals surface area (Å²) >= 11 is 13.0. The molecule has 6 rings (SSSR count). The molecule has 4 heteroatoms. The van der Waals surface area contributed by atoms with Crippen molar-refractivity contribution in [3.8, 4) is 0 Å². The van der Waals surface area contributed by atoms with Gasteiger partial charge in [-0.3, -0.25) is 0 Å². The molecule has 4 aliphatic carbocycles. The normalized spacial score (nSPS) is 36.5. The number of hydrogen-bond acceptors (Lipinski definition) is 2. The first-order chi connectivity index (χ1) is 13.5. The quantitative estimate of drug-likeness (QED) is 0.604. The highest BCUT2D eigenvalue weighted by Crippen LogP contribution is 2.64. The van der Waals surface area contributed by atoms with Crippen molar-refractivity contribution < 1.29 is 0 Å². The topological polar surface area (TPSA) is 15.3 Å². The Morgan fingerprint density at radius 1 is 1.04 bits per heavy atom. The third-order valence-corrected chi connectivity index (χ3v) is 8.32. The van der Waals surface area contributed by atoms with Crippen molar-refractivity contribution in [3.63, 3.8) is 0 Å². The summed E-state index contributed by atoms with van der Waals surface area (Å²) in [6.45, 7) is 5.10. The summed E-state index contributed by atoms with van der Waals surface area (Å²) in [6.07, 6.45) is 12.3. The van der Waals surface area contributed by atoms with Gasteiger partial charge < -0.3 is 10.2 Å². The zero-order chi connectivity index (χ0) is 19.4. The molecule has 5 aliphatic rings. The third-order valence-electron chi connectivity index (χ3n) is 7.74. The van der Waals surface area contributed by atoms with Gasteiger partial charge in [0, 0.05) is 23.7 Å². The second-order valence-electron chi connectivity index (χ2n) is 9.65. The predicted octanol–water partition coefficient (Wildman–Crippen LogP) is 5.86. The summed E-state index contributed by atoms with van der Waals surface area (Å²) in [5.41, 5.74) is 3.45. The van der Waals surface area contributed by atoms with E-state index in [2.05, 4.69) is 53.6 Å². The smallest absolute Gasteiger partial charge is 0.105 e. The van der Waals surface area contributed by atoms with E-state index in [0.29, 0.717) is 5.41 Å². The lowest BCUT2D eigenvalue weighted by Gasteiger charge is -2.65. The first kappa shape index (κ1) is 19.0. The van der Waals surface area contributed by atoms with Crippen molar-refractivity contribution >= 4 is 23.2 Å². The highest BCUT2D eigenvalue weighted by molar-refractivity contribution is 6.30. The van der Waals surface area contributed by atoms with Crippen molar-refractivity contribution in [1.82, 2.24) is 10.2 Å². The van der Waals surface area contributed by atoms with Gasteiger partial charge in [-0.1, -0.05) is 48.3 Å². The largest absolute Gasteiger partial charge is 0.353 e. The molecular formula is C24H30Cl2N2. The Kier molecular flexibility index (Phi) is 4.81. The molecule has 150 valence electrons. The Labute approximate surface area is 179 Å². The van der Waals surface area contributed by atoms with Crippen LogP contribution >= 0.6 is 23.2 Å². The van der Waals surface area contributed by atoms with Gasteiger partial charge in [0.2, 0.25) is 0 Å². The molecule has 4 bridgehead atoms. The van der Waals surface area contributed by atoms with E-state index in [9.17, 15) is 0 Å². The van der Waals surface area contributed by atoms with Crippen molar-refractivity contribution in [2.45, 2.75) is 56.4 Å². The molecular weight excluding hydrogens is 387 g/mol. The van der Waals surface area contributed by atoms with Gasteiger partial charge in [-0.25, -0.2) is 0 Å². The minimum absolute atomic E-state index is 0.211. The Morgan fingerprint density at radius 3 is 2.43 bits per heavy atom. The second-order valence-corrected chi connectivity index (χ2v) is 10.5. The number of likely N-dealkylation sites (N-methyl/N-ethyl adjacent to an activating group) is 1. The minimum atomic E-state index is 0.211. The number of benzene rings is 1. The van der Waals surface area contributed by atoms with Crippen molar-refractivity contribution in [2.75, 3.05) is 19.6 Å². The van der Waals surface area contributed by atoms with Gasteiger partial charge in [0.05, 0.1) is 0 Å². The molecule has 0 spiro atoms. The number of hydrogen-bond donors (Lipinski definition) is 1. The Hall–Kier alpha value is -0.960. The van der Waals surface area contributed by atoms with Crippen LogP contribution in [-0.2, 0) is 5.41 Å². The van der Waals surface area contributed by atoms with Crippen LogP contribution in [0.3, 0.4) is 0 Å². The summed E-state index contributed by atoms with van der Waals surface area (Å²) in [6, 6.07) is 8.72. The van der Waals surface area contributed by atoms with Crippen molar-refractivity contribution in [1.29, 1.82) is 0 Å². The second kappa shape index (κ2) is 7.07. The molecule has 28 heavy (non-hydrogen) atoms. The minimum Gasteiger partial charge on any atom is -0.353 e. The van der Waals surface area contributed by atoms with Gasteiger partial charge in [0.15, 0.2) is 0 Å². The zero-order valence-electron chi connectivity index (χ0n) is 16.7. The monoisotopic (exact) mass is 416 g/mol. The summed E-state index contributed by atoms with van der Waals surface area (Å²) in [7, 11) is 0. The lowest BCUT2D eigenvalue weighted by Crippen LogP contribution is -2.64. The fraction of sp³-hybridized carbons (Fsp3) is 0.583. The average molecular weight is 417 g/mol. The summed E-state index contributed by atoms with van der Waals surface area (Å²) in [5, 5.41) is 5.26. The van der Waals surface area contributed by atoms with E-state index in [1.807, 2.05) is 0 Å². The van der Waals surface area contributed by atoms with E-state index in [-0.39, 0.29) is 5.54 Å². The highest BCUT2D eigenvalue weighted by Gasteiger charge is 2.60. The number of allylic oxidation sites excluding steroid dienone is 2. The fourth-order valence-electron chi connectivity index (χ4n) is 7.07. The summed E-state index contributed by atoms with van der Waals surface area (Å²) in [4.78, 5) is 2.57. The first-order valence-corrected chi connectivity index (χ1v) is 11.6. The fourth-order valence-corrected chi connectivity index (χ4v) is 7.50. The van der Waals surface area contributed by atoms with Crippen LogP contribution in [0.4, 0.5) is 0 Å². The van der Waals surface area contributed by atoms with Crippen LogP contribution in [0.25, 0.3) is 0 Å². The van der Waals surface area contributed by atoms with Crippen LogP contribution in [-0.4, -0.2) is 30.1 Å². The zero-order valence-corrected chi connectivity index (χ0v) is 18.2. The molecule has 2 unspecified atom stereocenters. The third kappa shape index (κ3) is 3.13. The van der Waals surface area contributed by atoms with E-state index < -0.39 is 0 Å². The standard InChI is InChI=1S/C24H30Cl2N2/c1-2-27-14-17-3-8-22(26)28(15-17)24-12-18-9-19(13-24)11-23(10-18,16-24)20-4-6-21(25)7-5-20/h3-8,18-19,27H,2,9-16H2,1H3. The lowest BCUT2D eigenvalue weighted by atomic mass is 9.45. The number of nitrogens with zero attached hydrogens (tertiary/aromatic N) is 1. The van der Waals surface area contributed by atoms with Gasteiger partial charge >= 0.3 is 0 Å². The van der Waals surface area contributed by atoms with E-state index in [1.165, 1.54) is 49.7 Å². The summed E-state index contributed by atoms with van der Waals surface area (Å²) in [5.74, 6) is 1.65. The molecule has 1 heterocycles. The van der Waals surface area contributed by atoms with E-state index in [0.717, 1.165) is 41.6 Å². The Bertz CT molecular complexity index is 796. The van der Waals surface area contributed by atoms with E-state index in [1.54, 1.807) is 0 Å². The maximum absolute atomic E-state index is 6.83. The molecule has 1 aliphatic heterocycles. The molecule has 0 radical (unpaired) electrons. The van der Waals surface area contributed by atoms with Crippen LogP contribution in [0.15, 0.2) is 47.1 Å². The predicted molar refractivity (Wildman–Crippen MR) is 118 cm³/mol. The van der Waals surface area contributed by atoms with Crippen molar-refractivity contribution in [2.24, 2.45) is 11.8 Å². The van der Waals surface area contributed by atoms with Crippen LogP contribution in [0.1, 0.15) is 51.0 Å². The average Bonchev–Trinajstić information content (AvgIpc) is 2.66. The molecule has 2 nitrogen and oxygen atoms in total. The molecule has 4 saturated carbocycles. The molecule has 0 amide bonds. The van der Waals surface area contributed by atoms with E-state index >= 15 is 0 Å². The first-order valence-electron chi connectivity index (χ1n) is 10.8. The maximum atomic E-state index is 6.83. The van der Waals surface area contributed by atoms with Crippen LogP contribution in [0.5, 0.6) is 0 Å². The van der Waals surface area contributed by atoms with E-state index in [4.69, 9.17) is 23.2 Å². The van der Waals surface area contributed by atoms with Crippen LogP contribution < -0.4 is 5.32 Å². The maximum Gasteiger partial charge on any atom is 0.105 e. The highest BCUT2D eigenvalue weighted by atomic mass is 35.5. The van der Waals surface area contributed by atoms with Gasteiger partial charge in [-0.05, 0) is 91.7 Å². The van der Waals surface area contributed by atoms with Gasteiger partial charge in [0.1, 0.15) is 5.16 Å².